The van der Waals surface area contributed by atoms with E-state index in [0.717, 1.165) is 0 Å². The third-order valence-electron chi connectivity index (χ3n) is 1.33. The highest BCUT2D eigenvalue weighted by Gasteiger charge is 2.01. The maximum Gasteiger partial charge on any atom is 0.219 e. The molecule has 0 bridgehead atoms. The van der Waals surface area contributed by atoms with Gasteiger partial charge >= 0.3 is 0 Å². The highest BCUT2D eigenvalue weighted by atomic mass is 16.3. The Hall–Kier alpha value is -0.570. The van der Waals surface area contributed by atoms with Gasteiger partial charge in [-0.05, 0) is 6.42 Å². The van der Waals surface area contributed by atoms with E-state index in [1.54, 1.807) is 6.92 Å². The first kappa shape index (κ1) is 9.43. The minimum absolute atomic E-state index is 0.00694. The van der Waals surface area contributed by atoms with E-state index < -0.39 is 6.10 Å². The monoisotopic (exact) mass is 145 g/mol. The zero-order chi connectivity index (χ0) is 7.98. The van der Waals surface area contributed by atoms with Crippen molar-refractivity contribution in [2.24, 2.45) is 0 Å². The average molecular weight is 145 g/mol. The molecule has 0 aliphatic heterocycles. The van der Waals surface area contributed by atoms with Crippen LogP contribution in [0.4, 0.5) is 0 Å². The second-order valence-corrected chi connectivity index (χ2v) is 2.22. The summed E-state index contributed by atoms with van der Waals surface area (Å²) in [6.07, 6.45) is 0.774. The summed E-state index contributed by atoms with van der Waals surface area (Å²) < 4.78 is 0. The first-order valence-electron chi connectivity index (χ1n) is 3.65. The molecule has 0 aromatic carbocycles. The van der Waals surface area contributed by atoms with Crippen LogP contribution in [0.2, 0.25) is 0 Å². The zero-order valence-corrected chi connectivity index (χ0v) is 6.55. The lowest BCUT2D eigenvalue weighted by atomic mass is 10.3. The van der Waals surface area contributed by atoms with E-state index in [0.29, 0.717) is 19.4 Å². The summed E-state index contributed by atoms with van der Waals surface area (Å²) in [5.74, 6) is -0.00694. The topological polar surface area (TPSA) is 49.3 Å². The molecule has 10 heavy (non-hydrogen) atoms. The van der Waals surface area contributed by atoms with Crippen molar-refractivity contribution in [3.63, 3.8) is 0 Å². The van der Waals surface area contributed by atoms with Crippen molar-refractivity contribution in [1.82, 2.24) is 5.32 Å². The highest BCUT2D eigenvalue weighted by molar-refractivity contribution is 5.75. The molecule has 0 fully saturated rings. The number of rotatable bonds is 4. The predicted molar refractivity (Wildman–Crippen MR) is 39.6 cm³/mol. The molecule has 0 aliphatic carbocycles. The first-order chi connectivity index (χ1) is 4.70. The van der Waals surface area contributed by atoms with Gasteiger partial charge in [0.15, 0.2) is 0 Å². The standard InChI is InChI=1S/C7H15NO2/c1-3-6(9)5-8-7(10)4-2/h6,9H,3-5H2,1-2H3,(H,8,10)/t6-/m0/s1. The fourth-order valence-electron chi connectivity index (χ4n) is 0.501. The van der Waals surface area contributed by atoms with Crippen LogP contribution < -0.4 is 5.32 Å². The number of nitrogens with one attached hydrogen (secondary N) is 1. The summed E-state index contributed by atoms with van der Waals surface area (Å²) >= 11 is 0. The van der Waals surface area contributed by atoms with Crippen molar-refractivity contribution < 1.29 is 9.90 Å². The third kappa shape index (κ3) is 4.32. The smallest absolute Gasteiger partial charge is 0.219 e. The Labute approximate surface area is 61.4 Å². The van der Waals surface area contributed by atoms with Crippen LogP contribution >= 0.6 is 0 Å². The Morgan fingerprint density at radius 2 is 2.20 bits per heavy atom. The summed E-state index contributed by atoms with van der Waals surface area (Å²) in [6, 6.07) is 0. The van der Waals surface area contributed by atoms with Gasteiger partial charge in [0.25, 0.3) is 0 Å². The number of amides is 1. The lowest BCUT2D eigenvalue weighted by molar-refractivity contribution is -0.121. The number of carbonyl (C=O) groups is 1. The summed E-state index contributed by atoms with van der Waals surface area (Å²) in [7, 11) is 0. The molecule has 3 nitrogen and oxygen atoms in total. The molecule has 0 aliphatic rings. The molecule has 0 aromatic heterocycles. The second kappa shape index (κ2) is 5.23. The van der Waals surface area contributed by atoms with Gasteiger partial charge in [-0.2, -0.15) is 0 Å². The van der Waals surface area contributed by atoms with E-state index in [-0.39, 0.29) is 5.91 Å². The van der Waals surface area contributed by atoms with Gasteiger partial charge in [0, 0.05) is 13.0 Å². The summed E-state index contributed by atoms with van der Waals surface area (Å²) in [4.78, 5) is 10.6. The molecule has 3 heteroatoms. The Kier molecular flexibility index (Phi) is 4.94. The second-order valence-electron chi connectivity index (χ2n) is 2.22. The Bertz CT molecular complexity index is 104. The minimum atomic E-state index is -0.393. The van der Waals surface area contributed by atoms with Crippen LogP contribution in [-0.2, 0) is 4.79 Å². The van der Waals surface area contributed by atoms with Crippen molar-refractivity contribution >= 4 is 5.91 Å². The summed E-state index contributed by atoms with van der Waals surface area (Å²) in [5, 5.41) is 11.6. The van der Waals surface area contributed by atoms with Crippen molar-refractivity contribution in [3.05, 3.63) is 0 Å². The Balaban J connectivity index is 3.26. The molecule has 60 valence electrons. The van der Waals surface area contributed by atoms with Crippen LogP contribution in [0.3, 0.4) is 0 Å². The van der Waals surface area contributed by atoms with Crippen LogP contribution in [0.15, 0.2) is 0 Å². The van der Waals surface area contributed by atoms with Crippen molar-refractivity contribution in [1.29, 1.82) is 0 Å². The third-order valence-corrected chi connectivity index (χ3v) is 1.33. The molecule has 0 radical (unpaired) electrons. The lowest BCUT2D eigenvalue weighted by Gasteiger charge is -2.07. The molecular formula is C7H15NO2. The molecule has 0 rings (SSSR count). The number of carbonyl (C=O) groups excluding carboxylic acids is 1. The fourth-order valence-corrected chi connectivity index (χ4v) is 0.501. The number of hydrogen-bond donors (Lipinski definition) is 2. The summed E-state index contributed by atoms with van der Waals surface area (Å²) in [6.45, 7) is 4.04. The number of aliphatic hydroxyl groups is 1. The van der Waals surface area contributed by atoms with Gasteiger partial charge < -0.3 is 10.4 Å². The molecule has 0 spiro atoms. The van der Waals surface area contributed by atoms with Crippen molar-refractivity contribution in [2.75, 3.05) is 6.54 Å². The van der Waals surface area contributed by atoms with E-state index in [4.69, 9.17) is 5.11 Å². The maximum absolute atomic E-state index is 10.6. The Morgan fingerprint density at radius 3 is 2.60 bits per heavy atom. The van der Waals surface area contributed by atoms with Crippen molar-refractivity contribution in [2.45, 2.75) is 32.8 Å². The number of hydrogen-bond acceptors (Lipinski definition) is 2. The SMILES string of the molecule is CCC(=O)NC[C@@H](O)CC. The van der Waals surface area contributed by atoms with Crippen LogP contribution in [-0.4, -0.2) is 23.7 Å². The van der Waals surface area contributed by atoms with Gasteiger partial charge in [-0.1, -0.05) is 13.8 Å². The lowest BCUT2D eigenvalue weighted by Crippen LogP contribution is -2.30. The van der Waals surface area contributed by atoms with E-state index >= 15 is 0 Å². The summed E-state index contributed by atoms with van der Waals surface area (Å²) in [5.41, 5.74) is 0. The van der Waals surface area contributed by atoms with Gasteiger partial charge in [-0.3, -0.25) is 4.79 Å². The van der Waals surface area contributed by atoms with E-state index in [2.05, 4.69) is 5.32 Å². The fraction of sp³-hybridized carbons (Fsp3) is 0.857. The van der Waals surface area contributed by atoms with E-state index in [1.807, 2.05) is 6.92 Å². The minimum Gasteiger partial charge on any atom is -0.391 e. The highest BCUT2D eigenvalue weighted by Crippen LogP contribution is 1.86. The molecular weight excluding hydrogens is 130 g/mol. The molecule has 0 aromatic rings. The van der Waals surface area contributed by atoms with Gasteiger partial charge in [0.05, 0.1) is 6.10 Å². The molecule has 0 heterocycles. The normalized spacial score (nSPS) is 12.7. The molecule has 1 amide bonds. The van der Waals surface area contributed by atoms with E-state index in [1.165, 1.54) is 0 Å². The molecule has 0 saturated heterocycles. The van der Waals surface area contributed by atoms with E-state index in [9.17, 15) is 4.79 Å². The quantitative estimate of drug-likeness (QED) is 0.597. The zero-order valence-electron chi connectivity index (χ0n) is 6.55. The van der Waals surface area contributed by atoms with Gasteiger partial charge in [-0.15, -0.1) is 0 Å². The van der Waals surface area contributed by atoms with Gasteiger partial charge in [-0.25, -0.2) is 0 Å². The molecule has 0 saturated carbocycles. The Morgan fingerprint density at radius 1 is 1.60 bits per heavy atom. The molecule has 0 unspecified atom stereocenters. The van der Waals surface area contributed by atoms with Crippen LogP contribution in [0.5, 0.6) is 0 Å². The predicted octanol–water partition coefficient (Wildman–Crippen LogP) is 0.283. The molecule has 2 N–H and O–H groups in total. The van der Waals surface area contributed by atoms with Crippen LogP contribution in [0.1, 0.15) is 26.7 Å². The number of aliphatic hydroxyl groups excluding tert-OH is 1. The van der Waals surface area contributed by atoms with Crippen molar-refractivity contribution in [3.8, 4) is 0 Å². The first-order valence-corrected chi connectivity index (χ1v) is 3.65. The maximum atomic E-state index is 10.6. The van der Waals surface area contributed by atoms with Gasteiger partial charge in [0.1, 0.15) is 0 Å². The average Bonchev–Trinajstić information content (AvgIpc) is 1.99. The van der Waals surface area contributed by atoms with Gasteiger partial charge in [0.2, 0.25) is 5.91 Å². The van der Waals surface area contributed by atoms with Crippen LogP contribution in [0, 0.1) is 0 Å². The largest absolute Gasteiger partial charge is 0.391 e. The van der Waals surface area contributed by atoms with Crippen LogP contribution in [0.25, 0.3) is 0 Å². The molecule has 1 atom stereocenters.